The first kappa shape index (κ1) is 13.3. The summed E-state index contributed by atoms with van der Waals surface area (Å²) in [5, 5.41) is 10.8. The number of esters is 1. The third kappa shape index (κ3) is 12.8. The van der Waals surface area contributed by atoms with Crippen molar-refractivity contribution in [3.8, 4) is 0 Å². The second-order valence-electron chi connectivity index (χ2n) is 2.64. The molecule has 0 heterocycles. The van der Waals surface area contributed by atoms with Crippen LogP contribution in [0.15, 0.2) is 0 Å². The molecule has 0 unspecified atom stereocenters. The Labute approximate surface area is 72.7 Å². The molecule has 11 heavy (non-hydrogen) atoms. The molecule has 0 rings (SSSR count). The predicted molar refractivity (Wildman–Crippen MR) is 44.2 cm³/mol. The molecule has 0 atom stereocenters. The number of likely N-dealkylation sites (N-methyl/N-ethyl adjacent to an activating group) is 1. The highest BCUT2D eigenvalue weighted by Gasteiger charge is 2.01. The molecule has 0 amide bonds. The van der Waals surface area contributed by atoms with Crippen molar-refractivity contribution in [3.63, 3.8) is 0 Å². The molecule has 0 aromatic rings. The van der Waals surface area contributed by atoms with Crippen molar-refractivity contribution in [2.45, 2.75) is 6.92 Å². The van der Waals surface area contributed by atoms with Crippen molar-refractivity contribution in [1.29, 1.82) is 0 Å². The molecule has 0 aliphatic carbocycles. The fourth-order valence-corrected chi connectivity index (χ4v) is 0.409. The highest BCUT2D eigenvalue weighted by Crippen LogP contribution is 1.90. The summed E-state index contributed by atoms with van der Waals surface area (Å²) < 4.78 is 4.14. The van der Waals surface area contributed by atoms with Crippen LogP contribution in [-0.4, -0.2) is 37.9 Å². The summed E-state index contributed by atoms with van der Waals surface area (Å²) in [6.45, 7) is 1.83. The van der Waals surface area contributed by atoms with E-state index >= 15 is 0 Å². The number of hydrogen-bond acceptors (Lipinski definition) is 3. The summed E-state index contributed by atoms with van der Waals surface area (Å²) in [5.41, 5.74) is 0. The largest absolute Gasteiger partial charge is 0.633 e. The summed E-state index contributed by atoms with van der Waals surface area (Å²) >= 11 is 0. The normalized spacial score (nSPS) is 10.2. The molecular weight excluding hydrogens is 170 g/mol. The quantitative estimate of drug-likeness (QED) is 0.365. The fourth-order valence-electron chi connectivity index (χ4n) is 0.409. The second kappa shape index (κ2) is 5.35. The van der Waals surface area contributed by atoms with Crippen LogP contribution in [0.5, 0.6) is 0 Å². The topological polar surface area (TPSA) is 49.4 Å². The Kier molecular flexibility index (Phi) is 6.46. The molecule has 0 aromatic heterocycles. The molecule has 0 aliphatic heterocycles. The molecule has 5 heteroatoms. The number of nitrogens with zero attached hydrogens (tertiary/aromatic N) is 1. The number of carbonyl (C=O) groups excluding carboxylic acids is 1. The van der Waals surface area contributed by atoms with Gasteiger partial charge in [0.25, 0.3) is 0 Å². The minimum atomic E-state index is -0.423. The monoisotopic (exact) mass is 183 g/mol. The lowest BCUT2D eigenvalue weighted by Crippen LogP contribution is -2.35. The SMILES string of the molecule is CC(=O)OCC[N+](C)(C)[O-].Cl. The molecule has 0 fully saturated rings. The van der Waals surface area contributed by atoms with Crippen molar-refractivity contribution < 1.29 is 14.2 Å². The Morgan fingerprint density at radius 2 is 2.00 bits per heavy atom. The van der Waals surface area contributed by atoms with E-state index in [2.05, 4.69) is 4.74 Å². The lowest BCUT2D eigenvalue weighted by Gasteiger charge is -2.33. The van der Waals surface area contributed by atoms with Gasteiger partial charge < -0.3 is 14.6 Å². The van der Waals surface area contributed by atoms with E-state index in [-0.39, 0.29) is 25.0 Å². The Morgan fingerprint density at radius 1 is 1.55 bits per heavy atom. The van der Waals surface area contributed by atoms with Crippen LogP contribution in [0.3, 0.4) is 0 Å². The Balaban J connectivity index is 0. The number of ether oxygens (including phenoxy) is 1. The average Bonchev–Trinajstić information content (AvgIpc) is 1.59. The van der Waals surface area contributed by atoms with Gasteiger partial charge in [-0.05, 0) is 0 Å². The van der Waals surface area contributed by atoms with Crippen LogP contribution in [0.1, 0.15) is 6.92 Å². The lowest BCUT2D eigenvalue weighted by molar-refractivity contribution is -0.840. The number of hydrogen-bond donors (Lipinski definition) is 0. The van der Waals surface area contributed by atoms with Gasteiger partial charge in [0.1, 0.15) is 13.2 Å². The van der Waals surface area contributed by atoms with E-state index in [1.54, 1.807) is 0 Å². The zero-order valence-electron chi connectivity index (χ0n) is 6.99. The standard InChI is InChI=1S/C6H13NO3.ClH/c1-6(8)10-5-4-7(2,3)9;/h4-5H2,1-3H3;1H. The first-order chi connectivity index (χ1) is 4.42. The van der Waals surface area contributed by atoms with Gasteiger partial charge in [-0.15, -0.1) is 12.4 Å². The molecule has 4 nitrogen and oxygen atoms in total. The highest BCUT2D eigenvalue weighted by molar-refractivity contribution is 5.85. The van der Waals surface area contributed by atoms with Crippen LogP contribution in [0.4, 0.5) is 0 Å². The molecule has 0 saturated heterocycles. The van der Waals surface area contributed by atoms with E-state index in [4.69, 9.17) is 0 Å². The molecule has 0 saturated carbocycles. The number of rotatable bonds is 3. The van der Waals surface area contributed by atoms with Crippen LogP contribution in [0, 0.1) is 5.21 Å². The first-order valence-electron chi connectivity index (χ1n) is 3.09. The minimum absolute atomic E-state index is 0. The van der Waals surface area contributed by atoms with Gasteiger partial charge in [-0.2, -0.15) is 0 Å². The van der Waals surface area contributed by atoms with Crippen molar-refractivity contribution in [1.82, 2.24) is 0 Å². The van der Waals surface area contributed by atoms with Gasteiger partial charge in [-0.1, -0.05) is 0 Å². The maximum absolute atomic E-state index is 10.8. The van der Waals surface area contributed by atoms with Crippen LogP contribution < -0.4 is 0 Å². The predicted octanol–water partition coefficient (Wildman–Crippen LogP) is 0.546. The van der Waals surface area contributed by atoms with Crippen molar-refractivity contribution in [2.75, 3.05) is 27.2 Å². The average molecular weight is 184 g/mol. The fraction of sp³-hybridized carbons (Fsp3) is 0.833. The summed E-state index contributed by atoms with van der Waals surface area (Å²) in [5.74, 6) is -0.339. The highest BCUT2D eigenvalue weighted by atomic mass is 35.5. The third-order valence-corrected chi connectivity index (χ3v) is 0.935. The van der Waals surface area contributed by atoms with E-state index in [1.807, 2.05) is 0 Å². The number of carbonyl (C=O) groups is 1. The molecule has 68 valence electrons. The third-order valence-electron chi connectivity index (χ3n) is 0.935. The minimum Gasteiger partial charge on any atom is -0.633 e. The number of quaternary nitrogens is 1. The second-order valence-corrected chi connectivity index (χ2v) is 2.64. The van der Waals surface area contributed by atoms with E-state index < -0.39 is 4.65 Å². The van der Waals surface area contributed by atoms with Gasteiger partial charge in [0.15, 0.2) is 0 Å². The van der Waals surface area contributed by atoms with E-state index in [0.717, 1.165) is 0 Å². The van der Waals surface area contributed by atoms with Gasteiger partial charge >= 0.3 is 5.97 Å². The van der Waals surface area contributed by atoms with Gasteiger partial charge in [-0.3, -0.25) is 4.79 Å². The van der Waals surface area contributed by atoms with Crippen LogP contribution in [-0.2, 0) is 9.53 Å². The maximum atomic E-state index is 10.8. The molecule has 0 aliphatic rings. The van der Waals surface area contributed by atoms with E-state index in [1.165, 1.54) is 21.0 Å². The smallest absolute Gasteiger partial charge is 0.302 e. The first-order valence-corrected chi connectivity index (χ1v) is 3.09. The Bertz CT molecular complexity index is 121. The zero-order valence-corrected chi connectivity index (χ0v) is 7.81. The molecule has 0 bridgehead atoms. The Morgan fingerprint density at radius 3 is 2.27 bits per heavy atom. The van der Waals surface area contributed by atoms with Crippen molar-refractivity contribution >= 4 is 18.4 Å². The summed E-state index contributed by atoms with van der Waals surface area (Å²) in [4.78, 5) is 10.2. The van der Waals surface area contributed by atoms with Crippen LogP contribution >= 0.6 is 12.4 Å². The summed E-state index contributed by atoms with van der Waals surface area (Å²) in [6.07, 6.45) is 0. The summed E-state index contributed by atoms with van der Waals surface area (Å²) in [6, 6.07) is 0. The number of halogens is 1. The van der Waals surface area contributed by atoms with Crippen molar-refractivity contribution in [2.24, 2.45) is 0 Å². The van der Waals surface area contributed by atoms with Gasteiger partial charge in [0, 0.05) is 6.92 Å². The Hall–Kier alpha value is -0.320. The van der Waals surface area contributed by atoms with Crippen LogP contribution in [0.25, 0.3) is 0 Å². The molecule has 0 radical (unpaired) electrons. The molecular formula is C6H14ClNO3. The lowest BCUT2D eigenvalue weighted by atomic mass is 10.6. The maximum Gasteiger partial charge on any atom is 0.302 e. The van der Waals surface area contributed by atoms with Gasteiger partial charge in [0.05, 0.1) is 14.1 Å². The van der Waals surface area contributed by atoms with Crippen molar-refractivity contribution in [3.05, 3.63) is 5.21 Å². The van der Waals surface area contributed by atoms with E-state index in [9.17, 15) is 10.0 Å². The van der Waals surface area contributed by atoms with Gasteiger partial charge in [-0.25, -0.2) is 0 Å². The summed E-state index contributed by atoms with van der Waals surface area (Å²) in [7, 11) is 3.01. The molecule has 0 aromatic carbocycles. The van der Waals surface area contributed by atoms with Gasteiger partial charge in [0.2, 0.25) is 0 Å². The zero-order chi connectivity index (χ0) is 8.20. The van der Waals surface area contributed by atoms with E-state index in [0.29, 0.717) is 6.54 Å². The van der Waals surface area contributed by atoms with Crippen LogP contribution in [0.2, 0.25) is 0 Å². The molecule has 0 spiro atoms. The number of hydroxylamine groups is 3. The molecule has 0 N–H and O–H groups in total.